The Labute approximate surface area is 157 Å². The summed E-state index contributed by atoms with van der Waals surface area (Å²) in [6.45, 7) is 1.54. The summed E-state index contributed by atoms with van der Waals surface area (Å²) in [4.78, 5) is 35.1. The van der Waals surface area contributed by atoms with Gasteiger partial charge in [0.1, 0.15) is 11.8 Å². The Morgan fingerprint density at radius 2 is 1.81 bits per heavy atom. The molecule has 0 fully saturated rings. The number of Topliss-reactive ketones (excluding diaryl/α,β-unsaturated/α-hetero) is 1. The fourth-order valence-corrected chi connectivity index (χ4v) is 2.57. The summed E-state index contributed by atoms with van der Waals surface area (Å²) < 4.78 is 5.23. The van der Waals surface area contributed by atoms with Crippen LogP contribution in [0, 0.1) is 0 Å². The number of hydrogen-bond donors (Lipinski definition) is 3. The molecule has 0 aliphatic heterocycles. The first-order valence-corrected chi connectivity index (χ1v) is 8.39. The monoisotopic (exact) mass is 370 g/mol. The second-order valence-electron chi connectivity index (χ2n) is 5.99. The molecule has 0 aliphatic rings. The molecule has 1 unspecified atom stereocenters. The first-order chi connectivity index (χ1) is 12.9. The fraction of sp³-hybridized carbons (Fsp3) is 0.250. The van der Waals surface area contributed by atoms with Gasteiger partial charge in [-0.15, -0.1) is 0 Å². The number of nitrogens with one attached hydrogen (secondary N) is 2. The second kappa shape index (κ2) is 9.38. The van der Waals surface area contributed by atoms with Gasteiger partial charge in [0.25, 0.3) is 0 Å². The smallest absolute Gasteiger partial charge is 0.326 e. The van der Waals surface area contributed by atoms with Gasteiger partial charge in [0.05, 0.1) is 7.11 Å². The number of carbonyl (C=O) groups excluding carboxylic acids is 2. The van der Waals surface area contributed by atoms with E-state index in [4.69, 9.17) is 4.74 Å². The maximum Gasteiger partial charge on any atom is 0.326 e. The number of methoxy groups -OCH3 is 1. The van der Waals surface area contributed by atoms with Crippen molar-refractivity contribution in [2.75, 3.05) is 7.11 Å². The van der Waals surface area contributed by atoms with Gasteiger partial charge in [-0.2, -0.15) is 0 Å². The summed E-state index contributed by atoms with van der Waals surface area (Å²) in [6.07, 6.45) is 0.173. The molecule has 7 heteroatoms. The number of ether oxygens (including phenoxy) is 1. The number of aliphatic carboxylic acids is 1. The van der Waals surface area contributed by atoms with Gasteiger partial charge < -0.3 is 20.5 Å². The van der Waals surface area contributed by atoms with E-state index in [9.17, 15) is 19.5 Å². The summed E-state index contributed by atoms with van der Waals surface area (Å²) in [7, 11) is 1.49. The largest absolute Gasteiger partial charge is 0.496 e. The van der Waals surface area contributed by atoms with Crippen LogP contribution in [0.1, 0.15) is 28.4 Å². The van der Waals surface area contributed by atoms with Crippen molar-refractivity contribution in [2.45, 2.75) is 25.9 Å². The molecular formula is C20H22N2O5. The molecule has 2 rings (SSSR count). The molecule has 0 saturated heterocycles. The third kappa shape index (κ3) is 5.85. The van der Waals surface area contributed by atoms with Crippen LogP contribution in [0.15, 0.2) is 48.5 Å². The van der Waals surface area contributed by atoms with Crippen molar-refractivity contribution >= 4 is 17.8 Å². The summed E-state index contributed by atoms with van der Waals surface area (Å²) in [5.41, 5.74) is 1.93. The molecule has 0 saturated carbocycles. The maximum absolute atomic E-state index is 12.1. The number of rotatable bonds is 8. The highest BCUT2D eigenvalue weighted by atomic mass is 16.5. The van der Waals surface area contributed by atoms with Crippen LogP contribution in [-0.2, 0) is 17.8 Å². The van der Waals surface area contributed by atoms with E-state index < -0.39 is 18.0 Å². The van der Waals surface area contributed by atoms with Crippen molar-refractivity contribution in [1.82, 2.24) is 10.6 Å². The highest BCUT2D eigenvalue weighted by molar-refractivity contribution is 5.94. The molecule has 0 bridgehead atoms. The Hall–Kier alpha value is -3.35. The van der Waals surface area contributed by atoms with Gasteiger partial charge >= 0.3 is 12.0 Å². The van der Waals surface area contributed by atoms with Gasteiger partial charge in [0.15, 0.2) is 5.78 Å². The number of ketones is 1. The number of carboxylic acids is 1. The van der Waals surface area contributed by atoms with Gasteiger partial charge in [-0.25, -0.2) is 9.59 Å². The van der Waals surface area contributed by atoms with E-state index in [1.165, 1.54) is 14.0 Å². The molecular weight excluding hydrogens is 348 g/mol. The Morgan fingerprint density at radius 3 is 2.41 bits per heavy atom. The van der Waals surface area contributed by atoms with Crippen LogP contribution in [0.5, 0.6) is 5.75 Å². The van der Waals surface area contributed by atoms with Gasteiger partial charge in [0.2, 0.25) is 0 Å². The molecule has 142 valence electrons. The zero-order valence-electron chi connectivity index (χ0n) is 15.2. The van der Waals surface area contributed by atoms with Gasteiger partial charge in [-0.3, -0.25) is 4.79 Å². The van der Waals surface area contributed by atoms with Crippen molar-refractivity contribution < 1.29 is 24.2 Å². The molecule has 0 radical (unpaired) electrons. The molecule has 7 nitrogen and oxygen atoms in total. The van der Waals surface area contributed by atoms with Crippen LogP contribution >= 0.6 is 0 Å². The minimum atomic E-state index is -1.12. The zero-order valence-corrected chi connectivity index (χ0v) is 15.2. The van der Waals surface area contributed by atoms with Crippen LogP contribution < -0.4 is 15.4 Å². The molecule has 2 aromatic carbocycles. The molecule has 2 amide bonds. The number of hydrogen-bond acceptors (Lipinski definition) is 4. The van der Waals surface area contributed by atoms with Crippen LogP contribution in [0.2, 0.25) is 0 Å². The molecule has 3 N–H and O–H groups in total. The van der Waals surface area contributed by atoms with E-state index in [0.29, 0.717) is 16.9 Å². The average Bonchev–Trinajstić information content (AvgIpc) is 2.66. The Balaban J connectivity index is 2.01. The Bertz CT molecular complexity index is 820. The molecule has 0 aromatic heterocycles. The summed E-state index contributed by atoms with van der Waals surface area (Å²) in [5, 5.41) is 14.4. The SMILES string of the molecule is COc1ccc(C(C)=O)cc1CNC(=O)NC(Cc1ccccc1)C(=O)O. The predicted molar refractivity (Wildman–Crippen MR) is 99.9 cm³/mol. The lowest BCUT2D eigenvalue weighted by atomic mass is 10.1. The third-order valence-electron chi connectivity index (χ3n) is 4.01. The average molecular weight is 370 g/mol. The van der Waals surface area contributed by atoms with Crippen LogP contribution in [0.4, 0.5) is 4.79 Å². The van der Waals surface area contributed by atoms with Gasteiger partial charge in [-0.1, -0.05) is 30.3 Å². The topological polar surface area (TPSA) is 105 Å². The van der Waals surface area contributed by atoms with E-state index in [1.54, 1.807) is 30.3 Å². The number of carboxylic acid groups (broad SMARTS) is 1. The standard InChI is InChI=1S/C20H22N2O5/c1-13(23)15-8-9-18(27-2)16(11-15)12-21-20(26)22-17(19(24)25)10-14-6-4-3-5-7-14/h3-9,11,17H,10,12H2,1-2H3,(H,24,25)(H2,21,22,26). The van der Waals surface area contributed by atoms with Crippen molar-refractivity contribution in [1.29, 1.82) is 0 Å². The predicted octanol–water partition coefficient (Wildman–Crippen LogP) is 2.39. The Morgan fingerprint density at radius 1 is 1.11 bits per heavy atom. The van der Waals surface area contributed by atoms with E-state index in [0.717, 1.165) is 5.56 Å². The molecule has 2 aromatic rings. The Kier molecular flexibility index (Phi) is 6.93. The van der Waals surface area contributed by atoms with Gasteiger partial charge in [0, 0.05) is 24.1 Å². The normalized spacial score (nSPS) is 11.3. The van der Waals surface area contributed by atoms with E-state index >= 15 is 0 Å². The van der Waals surface area contributed by atoms with Crippen molar-refractivity contribution in [3.63, 3.8) is 0 Å². The van der Waals surface area contributed by atoms with E-state index in [1.807, 2.05) is 18.2 Å². The number of urea groups is 1. The van der Waals surface area contributed by atoms with Crippen molar-refractivity contribution in [3.05, 3.63) is 65.2 Å². The second-order valence-corrected chi connectivity index (χ2v) is 5.99. The highest BCUT2D eigenvalue weighted by Crippen LogP contribution is 2.20. The lowest BCUT2D eigenvalue weighted by Crippen LogP contribution is -2.46. The summed E-state index contributed by atoms with van der Waals surface area (Å²) in [6, 6.07) is 12.3. The van der Waals surface area contributed by atoms with Gasteiger partial charge in [-0.05, 0) is 30.7 Å². The van der Waals surface area contributed by atoms with Crippen molar-refractivity contribution in [2.24, 2.45) is 0 Å². The summed E-state index contributed by atoms with van der Waals surface area (Å²) in [5.74, 6) is -0.693. The summed E-state index contributed by atoms with van der Waals surface area (Å²) >= 11 is 0. The molecule has 0 aliphatic carbocycles. The minimum Gasteiger partial charge on any atom is -0.496 e. The molecule has 0 heterocycles. The first kappa shape index (κ1) is 20.0. The zero-order chi connectivity index (χ0) is 19.8. The molecule has 1 atom stereocenters. The third-order valence-corrected chi connectivity index (χ3v) is 4.01. The fourth-order valence-electron chi connectivity index (χ4n) is 2.57. The lowest BCUT2D eigenvalue weighted by molar-refractivity contribution is -0.139. The van der Waals surface area contributed by atoms with E-state index in [-0.39, 0.29) is 18.7 Å². The van der Waals surface area contributed by atoms with Crippen LogP contribution in [-0.4, -0.2) is 36.0 Å². The highest BCUT2D eigenvalue weighted by Gasteiger charge is 2.20. The number of benzene rings is 2. The lowest BCUT2D eigenvalue weighted by Gasteiger charge is -2.16. The van der Waals surface area contributed by atoms with Crippen LogP contribution in [0.25, 0.3) is 0 Å². The molecule has 0 spiro atoms. The molecule has 27 heavy (non-hydrogen) atoms. The van der Waals surface area contributed by atoms with E-state index in [2.05, 4.69) is 10.6 Å². The minimum absolute atomic E-state index is 0.0911. The number of amides is 2. The maximum atomic E-state index is 12.1. The quantitative estimate of drug-likeness (QED) is 0.619. The van der Waals surface area contributed by atoms with Crippen LogP contribution in [0.3, 0.4) is 0 Å². The van der Waals surface area contributed by atoms with Crippen molar-refractivity contribution in [3.8, 4) is 5.75 Å². The number of carbonyl (C=O) groups is 3. The first-order valence-electron chi connectivity index (χ1n) is 8.39.